The number of rotatable bonds is 18. The SMILES string of the molecule is C[C@H]([C@H](O)[C@@H](C)[C@H](O)C[C@H](O)[C@H](C)[C@H](O)[C@@H](C)[C@H](O)C[C@H](O)C[C@H](O)CCO)[C@@H](O)[C@H](C)CO. The maximum atomic E-state index is 10.6. The van der Waals surface area contributed by atoms with Crippen molar-refractivity contribution in [2.24, 2.45) is 29.6 Å². The molecule has 0 aromatic heterocycles. The minimum absolute atomic E-state index is 0.0186. The molecule has 34 heavy (non-hydrogen) atoms. The molecule has 0 radical (unpaired) electrons. The van der Waals surface area contributed by atoms with Crippen LogP contribution in [0.3, 0.4) is 0 Å². The van der Waals surface area contributed by atoms with Gasteiger partial charge >= 0.3 is 0 Å². The highest BCUT2D eigenvalue weighted by atomic mass is 16.3. The summed E-state index contributed by atoms with van der Waals surface area (Å²) >= 11 is 0. The van der Waals surface area contributed by atoms with Gasteiger partial charge in [-0.15, -0.1) is 0 Å². The minimum Gasteiger partial charge on any atom is -0.396 e. The van der Waals surface area contributed by atoms with Gasteiger partial charge < -0.3 is 51.1 Å². The zero-order chi connectivity index (χ0) is 26.7. The molecule has 0 aliphatic heterocycles. The highest BCUT2D eigenvalue weighted by Gasteiger charge is 2.37. The lowest BCUT2D eigenvalue weighted by Crippen LogP contribution is -2.44. The second kappa shape index (κ2) is 16.4. The molecule has 10 nitrogen and oxygen atoms in total. The van der Waals surface area contributed by atoms with Gasteiger partial charge in [-0.1, -0.05) is 34.6 Å². The molecule has 0 aliphatic rings. The van der Waals surface area contributed by atoms with E-state index in [1.807, 2.05) is 0 Å². The van der Waals surface area contributed by atoms with Crippen molar-refractivity contribution in [1.82, 2.24) is 0 Å². The van der Waals surface area contributed by atoms with Gasteiger partial charge in [0.05, 0.1) is 48.8 Å². The summed E-state index contributed by atoms with van der Waals surface area (Å²) in [5, 5.41) is 101. The molecule has 10 heteroatoms. The van der Waals surface area contributed by atoms with E-state index < -0.39 is 78.4 Å². The Bertz CT molecular complexity index is 524. The van der Waals surface area contributed by atoms with Crippen LogP contribution >= 0.6 is 0 Å². The fourth-order valence-electron chi connectivity index (χ4n) is 4.32. The normalized spacial score (nSPS) is 24.1. The molecular weight excluding hydrogens is 448 g/mol. The molecule has 0 bridgehead atoms. The summed E-state index contributed by atoms with van der Waals surface area (Å²) in [7, 11) is 0. The lowest BCUT2D eigenvalue weighted by atomic mass is 9.79. The predicted octanol–water partition coefficient (Wildman–Crippen LogP) is -1.40. The van der Waals surface area contributed by atoms with Crippen LogP contribution in [0.25, 0.3) is 0 Å². The second-order valence-corrected chi connectivity index (χ2v) is 10.3. The Balaban J connectivity index is 4.86. The quantitative estimate of drug-likeness (QED) is 0.107. The second-order valence-electron chi connectivity index (χ2n) is 10.3. The average molecular weight is 499 g/mol. The molecule has 0 saturated heterocycles. The Labute approximate surface area is 203 Å². The molecule has 0 aliphatic carbocycles. The standard InChI is InChI=1S/C24H50O10/c1-12(11-26)22(32)16(5)24(34)15(4)21(31)10-20(30)14(3)23(33)13(2)19(29)9-18(28)8-17(27)6-7-25/h12-34H,6-11H2,1-5H3/t12-,13+,14+,15+,16+,17-,18-,19-,20+,21-,22+,23-,24-/m1/s1. The number of hydrogen-bond donors (Lipinski definition) is 10. The summed E-state index contributed by atoms with van der Waals surface area (Å²) < 4.78 is 0. The summed E-state index contributed by atoms with van der Waals surface area (Å²) in [6, 6.07) is 0. The molecule has 0 spiro atoms. The maximum Gasteiger partial charge on any atom is 0.0640 e. The Morgan fingerprint density at radius 3 is 1.29 bits per heavy atom. The molecule has 10 N–H and O–H groups in total. The van der Waals surface area contributed by atoms with Crippen molar-refractivity contribution in [3.8, 4) is 0 Å². The summed E-state index contributed by atoms with van der Waals surface area (Å²) in [6.07, 6.45) is -8.68. The molecule has 0 unspecified atom stereocenters. The van der Waals surface area contributed by atoms with Gasteiger partial charge in [0.25, 0.3) is 0 Å². The maximum absolute atomic E-state index is 10.6. The third-order valence-electron chi connectivity index (χ3n) is 7.39. The van der Waals surface area contributed by atoms with E-state index in [2.05, 4.69) is 0 Å². The van der Waals surface area contributed by atoms with Crippen LogP contribution in [0, 0.1) is 29.6 Å². The summed E-state index contributed by atoms with van der Waals surface area (Å²) in [4.78, 5) is 0. The number of hydrogen-bond acceptors (Lipinski definition) is 10. The summed E-state index contributed by atoms with van der Waals surface area (Å²) in [5.41, 5.74) is 0. The van der Waals surface area contributed by atoms with Crippen LogP contribution in [-0.4, -0.2) is 113 Å². The number of aliphatic hydroxyl groups is 10. The first kappa shape index (κ1) is 33.6. The van der Waals surface area contributed by atoms with Gasteiger partial charge in [-0.3, -0.25) is 0 Å². The lowest BCUT2D eigenvalue weighted by Gasteiger charge is -2.35. The topological polar surface area (TPSA) is 202 Å². The van der Waals surface area contributed by atoms with Gasteiger partial charge in [-0.2, -0.15) is 0 Å². The van der Waals surface area contributed by atoms with Crippen LogP contribution in [0.2, 0.25) is 0 Å². The van der Waals surface area contributed by atoms with E-state index in [9.17, 15) is 46.0 Å². The van der Waals surface area contributed by atoms with Gasteiger partial charge in [0, 0.05) is 42.8 Å². The summed E-state index contributed by atoms with van der Waals surface area (Å²) in [5.74, 6) is -3.22. The van der Waals surface area contributed by atoms with Crippen LogP contribution in [0.5, 0.6) is 0 Å². The highest BCUT2D eigenvalue weighted by Crippen LogP contribution is 2.28. The van der Waals surface area contributed by atoms with E-state index in [0.29, 0.717) is 0 Å². The zero-order valence-corrected chi connectivity index (χ0v) is 21.2. The predicted molar refractivity (Wildman–Crippen MR) is 127 cm³/mol. The van der Waals surface area contributed by atoms with Crippen LogP contribution in [0.4, 0.5) is 0 Å². The molecule has 0 aromatic carbocycles. The molecule has 0 rings (SSSR count). The van der Waals surface area contributed by atoms with Crippen LogP contribution < -0.4 is 0 Å². The van der Waals surface area contributed by atoms with Gasteiger partial charge in [0.1, 0.15) is 0 Å². The van der Waals surface area contributed by atoms with Crippen molar-refractivity contribution in [1.29, 1.82) is 0 Å². The molecule has 0 amide bonds. The fourth-order valence-corrected chi connectivity index (χ4v) is 4.32. The van der Waals surface area contributed by atoms with E-state index in [-0.39, 0.29) is 38.9 Å². The van der Waals surface area contributed by atoms with Crippen molar-refractivity contribution in [2.45, 2.75) is 109 Å². The van der Waals surface area contributed by atoms with Gasteiger partial charge in [-0.25, -0.2) is 0 Å². The highest BCUT2D eigenvalue weighted by molar-refractivity contribution is 4.87. The van der Waals surface area contributed by atoms with Crippen molar-refractivity contribution in [3.05, 3.63) is 0 Å². The molecule has 0 saturated carbocycles. The van der Waals surface area contributed by atoms with Gasteiger partial charge in [-0.05, 0) is 25.7 Å². The first-order chi connectivity index (χ1) is 15.7. The van der Waals surface area contributed by atoms with E-state index >= 15 is 0 Å². The Hall–Kier alpha value is -0.400. The Kier molecular flexibility index (Phi) is 16.2. The third-order valence-corrected chi connectivity index (χ3v) is 7.39. The molecule has 0 heterocycles. The van der Waals surface area contributed by atoms with E-state index in [1.165, 1.54) is 0 Å². The largest absolute Gasteiger partial charge is 0.396 e. The van der Waals surface area contributed by atoms with Gasteiger partial charge in [0.15, 0.2) is 0 Å². The van der Waals surface area contributed by atoms with Crippen molar-refractivity contribution in [2.75, 3.05) is 13.2 Å². The van der Waals surface area contributed by atoms with Crippen LogP contribution in [0.15, 0.2) is 0 Å². The van der Waals surface area contributed by atoms with Gasteiger partial charge in [0.2, 0.25) is 0 Å². The molecule has 0 aromatic rings. The Morgan fingerprint density at radius 1 is 0.471 bits per heavy atom. The minimum atomic E-state index is -1.15. The summed E-state index contributed by atoms with van der Waals surface area (Å²) in [6.45, 7) is 7.54. The monoisotopic (exact) mass is 498 g/mol. The van der Waals surface area contributed by atoms with E-state index in [4.69, 9.17) is 5.11 Å². The van der Waals surface area contributed by atoms with E-state index in [1.54, 1.807) is 34.6 Å². The zero-order valence-electron chi connectivity index (χ0n) is 21.2. The van der Waals surface area contributed by atoms with E-state index in [0.717, 1.165) is 0 Å². The third kappa shape index (κ3) is 10.7. The number of aliphatic hydroxyl groups excluding tert-OH is 10. The van der Waals surface area contributed by atoms with Crippen LogP contribution in [0.1, 0.15) is 60.3 Å². The van der Waals surface area contributed by atoms with Crippen LogP contribution in [-0.2, 0) is 0 Å². The smallest absolute Gasteiger partial charge is 0.0640 e. The Morgan fingerprint density at radius 2 is 0.882 bits per heavy atom. The van der Waals surface area contributed by atoms with Crippen molar-refractivity contribution < 1.29 is 51.1 Å². The molecule has 0 fully saturated rings. The molecular formula is C24H50O10. The lowest BCUT2D eigenvalue weighted by molar-refractivity contribution is -0.0873. The molecule has 206 valence electrons. The van der Waals surface area contributed by atoms with Crippen molar-refractivity contribution in [3.63, 3.8) is 0 Å². The van der Waals surface area contributed by atoms with Crippen molar-refractivity contribution >= 4 is 0 Å². The fraction of sp³-hybridized carbons (Fsp3) is 1.00. The first-order valence-electron chi connectivity index (χ1n) is 12.4. The molecule has 13 atom stereocenters. The average Bonchev–Trinajstić information content (AvgIpc) is 2.79. The first-order valence-corrected chi connectivity index (χ1v) is 12.4.